The van der Waals surface area contributed by atoms with Gasteiger partial charge in [-0.1, -0.05) is 0 Å². The van der Waals surface area contributed by atoms with E-state index < -0.39 is 6.03 Å². The Bertz CT molecular complexity index is 445. The summed E-state index contributed by atoms with van der Waals surface area (Å²) in [5.74, 6) is -0.385. The third-order valence-corrected chi connectivity index (χ3v) is 2.22. The third-order valence-electron chi connectivity index (χ3n) is 2.22. The van der Waals surface area contributed by atoms with Gasteiger partial charge in [-0.3, -0.25) is 10.1 Å². The molecule has 2 N–H and O–H groups in total. The van der Waals surface area contributed by atoms with Gasteiger partial charge < -0.3 is 9.88 Å². The summed E-state index contributed by atoms with van der Waals surface area (Å²) in [6.45, 7) is 2.83. The second kappa shape index (κ2) is 3.61. The molecule has 2 heterocycles. The van der Waals surface area contributed by atoms with E-state index in [4.69, 9.17) is 0 Å². The fourth-order valence-electron chi connectivity index (χ4n) is 1.48. The average molecular weight is 205 g/mol. The van der Waals surface area contributed by atoms with E-state index in [1.165, 1.54) is 0 Å². The summed E-state index contributed by atoms with van der Waals surface area (Å²) < 4.78 is 1.98. The van der Waals surface area contributed by atoms with Crippen molar-refractivity contribution in [1.82, 2.24) is 15.2 Å². The van der Waals surface area contributed by atoms with Gasteiger partial charge in [0.1, 0.15) is 5.70 Å². The van der Waals surface area contributed by atoms with Gasteiger partial charge in [-0.15, -0.1) is 0 Å². The van der Waals surface area contributed by atoms with Crippen LogP contribution in [0.25, 0.3) is 6.08 Å². The highest BCUT2D eigenvalue weighted by molar-refractivity contribution is 6.13. The Balaban J connectivity index is 2.30. The minimum atomic E-state index is -0.471. The SMILES string of the molecule is CCn1cccc1/C=C1/NC(=O)NC1=O. The Hall–Kier alpha value is -2.04. The van der Waals surface area contributed by atoms with E-state index in [0.717, 1.165) is 12.2 Å². The molecule has 1 fully saturated rings. The lowest BCUT2D eigenvalue weighted by Gasteiger charge is -2.01. The van der Waals surface area contributed by atoms with Gasteiger partial charge in [-0.05, 0) is 25.1 Å². The normalized spacial score (nSPS) is 18.1. The van der Waals surface area contributed by atoms with Gasteiger partial charge in [0.25, 0.3) is 5.91 Å². The number of nitrogens with one attached hydrogen (secondary N) is 2. The highest BCUT2D eigenvalue weighted by Crippen LogP contribution is 2.09. The molecule has 78 valence electrons. The quantitative estimate of drug-likeness (QED) is 0.551. The van der Waals surface area contributed by atoms with Crippen LogP contribution in [0.1, 0.15) is 12.6 Å². The first-order chi connectivity index (χ1) is 7.20. The zero-order chi connectivity index (χ0) is 10.8. The van der Waals surface area contributed by atoms with Gasteiger partial charge in [0.2, 0.25) is 0 Å². The lowest BCUT2D eigenvalue weighted by atomic mass is 10.3. The van der Waals surface area contributed by atoms with Crippen LogP contribution in [0, 0.1) is 0 Å². The Kier molecular flexibility index (Phi) is 2.29. The Morgan fingerprint density at radius 3 is 2.80 bits per heavy atom. The molecule has 5 heteroatoms. The molecule has 1 aromatic rings. The van der Waals surface area contributed by atoms with Gasteiger partial charge in [0, 0.05) is 18.4 Å². The molecule has 0 atom stereocenters. The van der Waals surface area contributed by atoms with Crippen LogP contribution in [0.15, 0.2) is 24.0 Å². The Morgan fingerprint density at radius 1 is 1.40 bits per heavy atom. The summed E-state index contributed by atoms with van der Waals surface area (Å²) in [5.41, 5.74) is 1.18. The summed E-state index contributed by atoms with van der Waals surface area (Å²) >= 11 is 0. The molecule has 0 saturated carbocycles. The van der Waals surface area contributed by atoms with Crippen molar-refractivity contribution in [2.45, 2.75) is 13.5 Å². The number of nitrogens with zero attached hydrogens (tertiary/aromatic N) is 1. The van der Waals surface area contributed by atoms with E-state index in [1.807, 2.05) is 29.8 Å². The topological polar surface area (TPSA) is 63.1 Å². The fourth-order valence-corrected chi connectivity index (χ4v) is 1.48. The average Bonchev–Trinajstić information content (AvgIpc) is 2.74. The number of rotatable bonds is 2. The molecule has 0 unspecified atom stereocenters. The van der Waals surface area contributed by atoms with Crippen molar-refractivity contribution in [3.63, 3.8) is 0 Å². The van der Waals surface area contributed by atoms with Crippen LogP contribution in [0.2, 0.25) is 0 Å². The predicted molar refractivity (Wildman–Crippen MR) is 54.8 cm³/mol. The second-order valence-electron chi connectivity index (χ2n) is 3.19. The number of hydrogen-bond acceptors (Lipinski definition) is 2. The van der Waals surface area contributed by atoms with Crippen molar-refractivity contribution in [2.24, 2.45) is 0 Å². The standard InChI is InChI=1S/C10H11N3O2/c1-2-13-5-3-4-7(13)6-8-9(14)12-10(15)11-8/h3-6H,2H2,1H3,(H2,11,12,14,15)/b8-6+. The van der Waals surface area contributed by atoms with Crippen LogP contribution in [-0.4, -0.2) is 16.5 Å². The van der Waals surface area contributed by atoms with Crippen molar-refractivity contribution in [1.29, 1.82) is 0 Å². The molecule has 3 amide bonds. The summed E-state index contributed by atoms with van der Waals surface area (Å²) in [7, 11) is 0. The third kappa shape index (κ3) is 1.76. The van der Waals surface area contributed by atoms with Gasteiger partial charge in [-0.2, -0.15) is 0 Å². The molecule has 0 radical (unpaired) electrons. The van der Waals surface area contributed by atoms with E-state index in [2.05, 4.69) is 10.6 Å². The number of urea groups is 1. The van der Waals surface area contributed by atoms with Crippen molar-refractivity contribution in [3.05, 3.63) is 29.7 Å². The van der Waals surface area contributed by atoms with Crippen LogP contribution in [0.5, 0.6) is 0 Å². The molecule has 2 rings (SSSR count). The minimum absolute atomic E-state index is 0.286. The molecule has 1 aliphatic rings. The van der Waals surface area contributed by atoms with Gasteiger partial charge >= 0.3 is 6.03 Å². The van der Waals surface area contributed by atoms with Crippen LogP contribution >= 0.6 is 0 Å². The molecule has 1 aromatic heterocycles. The number of amides is 3. The zero-order valence-electron chi connectivity index (χ0n) is 8.28. The van der Waals surface area contributed by atoms with Gasteiger partial charge in [0.15, 0.2) is 0 Å². The number of carbonyl (C=O) groups excluding carboxylic acids is 2. The van der Waals surface area contributed by atoms with E-state index in [9.17, 15) is 9.59 Å². The maximum Gasteiger partial charge on any atom is 0.326 e. The first-order valence-corrected chi connectivity index (χ1v) is 4.70. The monoisotopic (exact) mass is 205 g/mol. The number of imide groups is 1. The Labute approximate surface area is 86.8 Å². The van der Waals surface area contributed by atoms with Crippen molar-refractivity contribution in [2.75, 3.05) is 0 Å². The molecule has 0 aliphatic carbocycles. The summed E-state index contributed by atoms with van der Waals surface area (Å²) in [4.78, 5) is 22.1. The van der Waals surface area contributed by atoms with Crippen LogP contribution in [0.3, 0.4) is 0 Å². The molecule has 1 saturated heterocycles. The van der Waals surface area contributed by atoms with Crippen molar-refractivity contribution >= 4 is 18.0 Å². The lowest BCUT2D eigenvalue weighted by Crippen LogP contribution is -2.22. The van der Waals surface area contributed by atoms with Gasteiger partial charge in [0.05, 0.1) is 0 Å². The smallest absolute Gasteiger partial charge is 0.326 e. The van der Waals surface area contributed by atoms with E-state index >= 15 is 0 Å². The summed E-state index contributed by atoms with van der Waals surface area (Å²) in [6.07, 6.45) is 3.57. The molecule has 15 heavy (non-hydrogen) atoms. The van der Waals surface area contributed by atoms with Crippen molar-refractivity contribution in [3.8, 4) is 0 Å². The van der Waals surface area contributed by atoms with Crippen LogP contribution < -0.4 is 10.6 Å². The van der Waals surface area contributed by atoms with Gasteiger partial charge in [-0.25, -0.2) is 4.79 Å². The van der Waals surface area contributed by atoms with Crippen LogP contribution in [-0.2, 0) is 11.3 Å². The highest BCUT2D eigenvalue weighted by Gasteiger charge is 2.22. The van der Waals surface area contributed by atoms with E-state index in [1.54, 1.807) is 6.08 Å². The maximum absolute atomic E-state index is 11.2. The first kappa shape index (κ1) is 9.51. The highest BCUT2D eigenvalue weighted by atomic mass is 16.2. The van der Waals surface area contributed by atoms with Crippen molar-refractivity contribution < 1.29 is 9.59 Å². The van der Waals surface area contributed by atoms with E-state index in [0.29, 0.717) is 0 Å². The number of hydrogen-bond donors (Lipinski definition) is 2. The number of carbonyl (C=O) groups is 2. The number of aryl methyl sites for hydroxylation is 1. The molecule has 0 spiro atoms. The molecule has 0 bridgehead atoms. The number of aromatic nitrogens is 1. The largest absolute Gasteiger partial charge is 0.348 e. The lowest BCUT2D eigenvalue weighted by molar-refractivity contribution is -0.115. The van der Waals surface area contributed by atoms with E-state index in [-0.39, 0.29) is 11.6 Å². The molecule has 1 aliphatic heterocycles. The fraction of sp³-hybridized carbons (Fsp3) is 0.200. The summed E-state index contributed by atoms with van der Waals surface area (Å²) in [6, 6.07) is 3.31. The second-order valence-corrected chi connectivity index (χ2v) is 3.19. The molecule has 0 aromatic carbocycles. The molecular weight excluding hydrogens is 194 g/mol. The maximum atomic E-state index is 11.2. The molecular formula is C10H11N3O2. The van der Waals surface area contributed by atoms with Crippen LogP contribution in [0.4, 0.5) is 4.79 Å². The Morgan fingerprint density at radius 2 is 2.20 bits per heavy atom. The minimum Gasteiger partial charge on any atom is -0.348 e. The first-order valence-electron chi connectivity index (χ1n) is 4.70. The predicted octanol–water partition coefficient (Wildman–Crippen LogP) is 0.688. The zero-order valence-corrected chi connectivity index (χ0v) is 8.28. The molecule has 5 nitrogen and oxygen atoms in total. The summed E-state index contributed by atoms with van der Waals surface area (Å²) in [5, 5.41) is 4.59.